The molecule has 1 unspecified atom stereocenters. The maximum atomic E-state index is 13.3. The van der Waals surface area contributed by atoms with E-state index in [9.17, 15) is 14.0 Å². The molecule has 4 N–H and O–H groups in total. The Morgan fingerprint density at radius 2 is 2.00 bits per heavy atom. The van der Waals surface area contributed by atoms with Gasteiger partial charge in [0.25, 0.3) is 0 Å². The molecule has 3 aromatic rings. The van der Waals surface area contributed by atoms with E-state index >= 15 is 0 Å². The maximum absolute atomic E-state index is 13.3. The second-order valence-corrected chi connectivity index (χ2v) is 6.48. The summed E-state index contributed by atoms with van der Waals surface area (Å²) in [5.41, 5.74) is 2.35. The fraction of sp³-hybridized carbons (Fsp3) is 0.211. The van der Waals surface area contributed by atoms with E-state index in [2.05, 4.69) is 20.6 Å². The average molecular weight is 370 g/mol. The predicted molar refractivity (Wildman–Crippen MR) is 99.9 cm³/mol. The predicted octanol–water partition coefficient (Wildman–Crippen LogP) is 3.60. The van der Waals surface area contributed by atoms with Gasteiger partial charge < -0.3 is 20.7 Å². The van der Waals surface area contributed by atoms with Gasteiger partial charge in [-0.25, -0.2) is 14.2 Å². The van der Waals surface area contributed by atoms with Crippen LogP contribution in [-0.2, 0) is 4.79 Å². The van der Waals surface area contributed by atoms with Gasteiger partial charge in [0.1, 0.15) is 17.7 Å². The number of nitrogens with one attached hydrogen (secondary N) is 3. The molecule has 0 bridgehead atoms. The summed E-state index contributed by atoms with van der Waals surface area (Å²) in [5, 5.41) is 14.5. The number of carboxylic acid groups (broad SMARTS) is 1. The number of halogens is 1. The highest BCUT2D eigenvalue weighted by molar-refractivity contribution is 5.97. The lowest BCUT2D eigenvalue weighted by atomic mass is 10.0. The minimum absolute atomic E-state index is 0.216. The zero-order valence-corrected chi connectivity index (χ0v) is 14.8. The van der Waals surface area contributed by atoms with Crippen molar-refractivity contribution in [2.45, 2.75) is 19.9 Å². The summed E-state index contributed by atoms with van der Waals surface area (Å²) >= 11 is 0. The van der Waals surface area contributed by atoms with Crippen molar-refractivity contribution in [3.63, 3.8) is 0 Å². The van der Waals surface area contributed by atoms with Crippen LogP contribution in [0.1, 0.15) is 13.8 Å². The van der Waals surface area contributed by atoms with Gasteiger partial charge in [-0.3, -0.25) is 4.79 Å². The van der Waals surface area contributed by atoms with E-state index in [-0.39, 0.29) is 11.7 Å². The van der Waals surface area contributed by atoms with Crippen LogP contribution in [0.15, 0.2) is 42.7 Å². The van der Waals surface area contributed by atoms with Crippen molar-refractivity contribution in [1.29, 1.82) is 0 Å². The number of aromatic amines is 1. The van der Waals surface area contributed by atoms with Crippen molar-refractivity contribution in [3.8, 4) is 11.1 Å². The molecule has 7 nitrogen and oxygen atoms in total. The number of amides is 2. The summed E-state index contributed by atoms with van der Waals surface area (Å²) in [6.45, 7) is 3.49. The molecule has 0 aliphatic carbocycles. The summed E-state index contributed by atoms with van der Waals surface area (Å²) in [5.74, 6) is -0.698. The smallest absolute Gasteiger partial charge is 0.405 e. The normalized spacial score (nSPS) is 12.1. The Morgan fingerprint density at radius 1 is 1.22 bits per heavy atom. The molecule has 1 atom stereocenters. The minimum atomic E-state index is -1.26. The topological polar surface area (TPSA) is 107 Å². The molecule has 2 amide bonds. The number of H-pyrrole nitrogens is 1. The fourth-order valence-corrected chi connectivity index (χ4v) is 2.84. The van der Waals surface area contributed by atoms with E-state index in [4.69, 9.17) is 5.11 Å². The first-order chi connectivity index (χ1) is 12.8. The Bertz CT molecular complexity index is 982. The van der Waals surface area contributed by atoms with Crippen LogP contribution in [0, 0.1) is 11.7 Å². The lowest BCUT2D eigenvalue weighted by Gasteiger charge is -2.19. The van der Waals surface area contributed by atoms with Crippen molar-refractivity contribution in [2.24, 2.45) is 5.92 Å². The molecule has 0 aliphatic rings. The quantitative estimate of drug-likeness (QED) is 0.550. The maximum Gasteiger partial charge on any atom is 0.405 e. The molecule has 0 spiro atoms. The zero-order valence-electron chi connectivity index (χ0n) is 14.8. The van der Waals surface area contributed by atoms with Crippen molar-refractivity contribution in [1.82, 2.24) is 15.3 Å². The molecule has 1 aromatic carbocycles. The van der Waals surface area contributed by atoms with Gasteiger partial charge >= 0.3 is 6.09 Å². The molecule has 2 aromatic heterocycles. The Labute approximate surface area is 154 Å². The molecule has 27 heavy (non-hydrogen) atoms. The molecule has 0 fully saturated rings. The molecule has 140 valence electrons. The molecule has 0 radical (unpaired) electrons. The lowest BCUT2D eigenvalue weighted by Crippen LogP contribution is -2.46. The van der Waals surface area contributed by atoms with Crippen LogP contribution in [-0.4, -0.2) is 33.1 Å². The second-order valence-electron chi connectivity index (χ2n) is 6.48. The van der Waals surface area contributed by atoms with Crippen molar-refractivity contribution >= 4 is 28.7 Å². The van der Waals surface area contributed by atoms with E-state index in [0.29, 0.717) is 11.3 Å². The van der Waals surface area contributed by atoms with E-state index in [1.165, 1.54) is 12.1 Å². The van der Waals surface area contributed by atoms with Crippen LogP contribution < -0.4 is 10.6 Å². The van der Waals surface area contributed by atoms with Gasteiger partial charge in [0.15, 0.2) is 0 Å². The molecule has 0 saturated heterocycles. The van der Waals surface area contributed by atoms with Crippen LogP contribution in [0.25, 0.3) is 22.0 Å². The number of aromatic nitrogens is 2. The number of hydrogen-bond donors (Lipinski definition) is 4. The Hall–Kier alpha value is -3.42. The van der Waals surface area contributed by atoms with Crippen molar-refractivity contribution < 1.29 is 19.1 Å². The molecular formula is C19H19FN4O3. The molecule has 0 saturated carbocycles. The van der Waals surface area contributed by atoms with E-state index in [1.807, 2.05) is 0 Å². The summed E-state index contributed by atoms with van der Waals surface area (Å²) in [6.07, 6.45) is 2.10. The number of fused-ring (bicyclic) bond motifs is 1. The number of pyridine rings is 1. The average Bonchev–Trinajstić information content (AvgIpc) is 3.02. The van der Waals surface area contributed by atoms with Crippen LogP contribution >= 0.6 is 0 Å². The fourth-order valence-electron chi connectivity index (χ4n) is 2.84. The number of anilines is 1. The van der Waals surface area contributed by atoms with Gasteiger partial charge in [-0.05, 0) is 36.2 Å². The second kappa shape index (κ2) is 7.45. The molecule has 0 aliphatic heterocycles. The summed E-state index contributed by atoms with van der Waals surface area (Å²) < 4.78 is 13.3. The Kier molecular flexibility index (Phi) is 5.07. The highest BCUT2D eigenvalue weighted by Crippen LogP contribution is 2.29. The van der Waals surface area contributed by atoms with Crippen LogP contribution in [0.2, 0.25) is 0 Å². The summed E-state index contributed by atoms with van der Waals surface area (Å²) in [6, 6.07) is 7.03. The Morgan fingerprint density at radius 3 is 2.63 bits per heavy atom. The van der Waals surface area contributed by atoms with Crippen molar-refractivity contribution in [3.05, 3.63) is 48.5 Å². The van der Waals surface area contributed by atoms with Gasteiger partial charge in [0, 0.05) is 34.4 Å². The third kappa shape index (κ3) is 4.05. The van der Waals surface area contributed by atoms with Gasteiger partial charge in [0.05, 0.1) is 0 Å². The van der Waals surface area contributed by atoms with E-state index in [0.717, 1.165) is 16.5 Å². The molecule has 3 rings (SSSR count). The lowest BCUT2D eigenvalue weighted by molar-refractivity contribution is -0.119. The Balaban J connectivity index is 1.78. The zero-order chi connectivity index (χ0) is 19.6. The number of carbonyl (C=O) groups excluding carboxylic acids is 1. The van der Waals surface area contributed by atoms with Gasteiger partial charge in [-0.2, -0.15) is 0 Å². The van der Waals surface area contributed by atoms with Gasteiger partial charge in [-0.1, -0.05) is 13.8 Å². The SMILES string of the molecule is CC(C)C(NC(=O)O)C(=O)Nc1ccc(-c2c[nH]c3cc(F)ccc23)cn1. The third-order valence-electron chi connectivity index (χ3n) is 4.20. The van der Waals surface area contributed by atoms with E-state index in [1.54, 1.807) is 44.4 Å². The van der Waals surface area contributed by atoms with E-state index < -0.39 is 18.0 Å². The summed E-state index contributed by atoms with van der Waals surface area (Å²) in [4.78, 5) is 30.4. The van der Waals surface area contributed by atoms with Crippen LogP contribution in [0.4, 0.5) is 15.0 Å². The number of hydrogen-bond acceptors (Lipinski definition) is 3. The third-order valence-corrected chi connectivity index (χ3v) is 4.20. The number of carbonyl (C=O) groups is 2. The highest BCUT2D eigenvalue weighted by atomic mass is 19.1. The first kappa shape index (κ1) is 18.4. The number of rotatable bonds is 5. The largest absolute Gasteiger partial charge is 0.465 e. The van der Waals surface area contributed by atoms with Crippen molar-refractivity contribution in [2.75, 3.05) is 5.32 Å². The number of nitrogens with zero attached hydrogens (tertiary/aromatic N) is 1. The van der Waals surface area contributed by atoms with Gasteiger partial charge in [-0.15, -0.1) is 0 Å². The highest BCUT2D eigenvalue weighted by Gasteiger charge is 2.24. The molecule has 8 heteroatoms. The first-order valence-electron chi connectivity index (χ1n) is 8.38. The van der Waals surface area contributed by atoms with Gasteiger partial charge in [0.2, 0.25) is 5.91 Å². The minimum Gasteiger partial charge on any atom is -0.465 e. The monoisotopic (exact) mass is 370 g/mol. The number of benzene rings is 1. The molecule has 2 heterocycles. The van der Waals surface area contributed by atoms with Crippen LogP contribution in [0.3, 0.4) is 0 Å². The van der Waals surface area contributed by atoms with Crippen LogP contribution in [0.5, 0.6) is 0 Å². The summed E-state index contributed by atoms with van der Waals surface area (Å²) in [7, 11) is 0. The first-order valence-corrected chi connectivity index (χ1v) is 8.38. The molecular weight excluding hydrogens is 351 g/mol. The standard InChI is InChI=1S/C19H19FN4O3/c1-10(2)17(24-19(26)27)18(25)23-16-6-3-11(8-22-16)14-9-21-15-7-12(20)4-5-13(14)15/h3-10,17,21,24H,1-2H3,(H,26,27)(H,22,23,25).